The van der Waals surface area contributed by atoms with Gasteiger partial charge in [0.05, 0.1) is 12.7 Å². The normalized spacial score (nSPS) is 32.3. The number of hydrogen-bond donors (Lipinski definition) is 2. The highest BCUT2D eigenvalue weighted by Crippen LogP contribution is 2.42. The third kappa shape index (κ3) is 2.91. The maximum Gasteiger partial charge on any atom is 0.223 e. The van der Waals surface area contributed by atoms with Crippen molar-refractivity contribution in [3.05, 3.63) is 11.2 Å². The van der Waals surface area contributed by atoms with E-state index in [4.69, 9.17) is 26.8 Å². The summed E-state index contributed by atoms with van der Waals surface area (Å²) in [6.45, 7) is 4.51. The highest BCUT2D eigenvalue weighted by molar-refractivity contribution is 6.29. The van der Waals surface area contributed by atoms with Crippen LogP contribution in [0.2, 0.25) is 5.15 Å². The van der Waals surface area contributed by atoms with E-state index in [1.54, 1.807) is 6.07 Å². The summed E-state index contributed by atoms with van der Waals surface area (Å²) in [5.74, 6) is 0.800. The molecule has 0 radical (unpaired) electrons. The van der Waals surface area contributed by atoms with Crippen LogP contribution in [0.4, 0.5) is 11.8 Å². The summed E-state index contributed by atoms with van der Waals surface area (Å²) in [6, 6.07) is 2.00. The number of anilines is 2. The molecule has 7 heteroatoms. The Labute approximate surface area is 116 Å². The molecule has 1 aromatic heterocycles. The van der Waals surface area contributed by atoms with Gasteiger partial charge in [-0.2, -0.15) is 4.98 Å². The monoisotopic (exact) mass is 284 g/mol. The Kier molecular flexibility index (Phi) is 3.03. The van der Waals surface area contributed by atoms with Crippen LogP contribution in [-0.2, 0) is 9.47 Å². The highest BCUT2D eigenvalue weighted by atomic mass is 35.5. The van der Waals surface area contributed by atoms with Gasteiger partial charge in [-0.1, -0.05) is 11.6 Å². The Morgan fingerprint density at radius 1 is 1.47 bits per heavy atom. The van der Waals surface area contributed by atoms with Crippen molar-refractivity contribution < 1.29 is 9.47 Å². The number of hydrogen-bond acceptors (Lipinski definition) is 6. The molecule has 2 fully saturated rings. The fourth-order valence-corrected chi connectivity index (χ4v) is 2.61. The van der Waals surface area contributed by atoms with Gasteiger partial charge >= 0.3 is 0 Å². The molecule has 0 spiro atoms. The molecule has 104 valence electrons. The number of nitrogens with zero attached hydrogens (tertiary/aromatic N) is 2. The van der Waals surface area contributed by atoms with E-state index < -0.39 is 5.79 Å². The largest absolute Gasteiger partial charge is 0.368 e. The van der Waals surface area contributed by atoms with E-state index in [0.717, 1.165) is 6.42 Å². The van der Waals surface area contributed by atoms with Crippen LogP contribution in [0.3, 0.4) is 0 Å². The molecule has 1 aromatic rings. The van der Waals surface area contributed by atoms with Gasteiger partial charge in [0.15, 0.2) is 5.79 Å². The minimum absolute atomic E-state index is 0.141. The maximum atomic E-state index is 5.84. The summed E-state index contributed by atoms with van der Waals surface area (Å²) >= 11 is 5.84. The first kappa shape index (κ1) is 12.9. The van der Waals surface area contributed by atoms with Crippen LogP contribution in [0.25, 0.3) is 0 Å². The molecule has 0 bridgehead atoms. The van der Waals surface area contributed by atoms with E-state index in [9.17, 15) is 0 Å². The van der Waals surface area contributed by atoms with Crippen molar-refractivity contribution in [2.75, 3.05) is 17.7 Å². The van der Waals surface area contributed by atoms with E-state index in [1.165, 1.54) is 0 Å². The second-order valence-corrected chi connectivity index (χ2v) is 5.84. The Hall–Kier alpha value is -1.11. The van der Waals surface area contributed by atoms with Crippen LogP contribution in [-0.4, -0.2) is 34.5 Å². The van der Waals surface area contributed by atoms with Crippen LogP contribution in [0.5, 0.6) is 0 Å². The molecule has 0 aromatic carbocycles. The lowest BCUT2D eigenvalue weighted by molar-refractivity contribution is -0.140. The average molecular weight is 285 g/mol. The van der Waals surface area contributed by atoms with Crippen molar-refractivity contribution in [3.8, 4) is 0 Å². The first-order valence-corrected chi connectivity index (χ1v) is 6.69. The zero-order chi connectivity index (χ0) is 13.6. The molecule has 1 saturated heterocycles. The molecule has 2 aliphatic rings. The van der Waals surface area contributed by atoms with Gasteiger partial charge in [0.25, 0.3) is 0 Å². The Balaban J connectivity index is 1.59. The topological polar surface area (TPSA) is 82.3 Å². The van der Waals surface area contributed by atoms with Crippen LogP contribution >= 0.6 is 11.6 Å². The number of nitrogens with two attached hydrogens (primary N) is 1. The fraction of sp³-hybridized carbons (Fsp3) is 0.667. The van der Waals surface area contributed by atoms with Crippen molar-refractivity contribution in [2.45, 2.75) is 38.2 Å². The van der Waals surface area contributed by atoms with Crippen LogP contribution < -0.4 is 11.1 Å². The number of aromatic nitrogens is 2. The molecule has 19 heavy (non-hydrogen) atoms. The van der Waals surface area contributed by atoms with E-state index in [2.05, 4.69) is 15.3 Å². The van der Waals surface area contributed by atoms with Gasteiger partial charge < -0.3 is 20.5 Å². The van der Waals surface area contributed by atoms with Crippen molar-refractivity contribution in [2.24, 2.45) is 5.92 Å². The van der Waals surface area contributed by atoms with Gasteiger partial charge in [0.2, 0.25) is 5.95 Å². The molecule has 3 N–H and O–H groups in total. The fourth-order valence-electron chi connectivity index (χ4n) is 2.42. The average Bonchev–Trinajstić information content (AvgIpc) is 2.93. The Bertz CT molecular complexity index is 476. The number of nitrogen functional groups attached to an aromatic ring is 1. The molecular formula is C12H17ClN4O2. The molecule has 1 saturated carbocycles. The first-order chi connectivity index (χ1) is 8.93. The second-order valence-electron chi connectivity index (χ2n) is 5.45. The van der Waals surface area contributed by atoms with Crippen molar-refractivity contribution in [3.63, 3.8) is 0 Å². The number of rotatable bonds is 3. The molecule has 1 aliphatic heterocycles. The van der Waals surface area contributed by atoms with Gasteiger partial charge in [0.1, 0.15) is 11.0 Å². The SMILES string of the molecule is CC1(C)OC[C@@H]([C@H]2C[C@H]2Nc2cc(Cl)nc(N)n2)O1. The predicted octanol–water partition coefficient (Wildman–Crippen LogP) is 1.66. The van der Waals surface area contributed by atoms with Crippen LogP contribution in [0.1, 0.15) is 20.3 Å². The van der Waals surface area contributed by atoms with Crippen molar-refractivity contribution in [1.82, 2.24) is 9.97 Å². The molecular weight excluding hydrogens is 268 g/mol. The Morgan fingerprint density at radius 3 is 2.89 bits per heavy atom. The highest BCUT2D eigenvalue weighted by Gasteiger charge is 2.49. The lowest BCUT2D eigenvalue weighted by Crippen LogP contribution is -2.24. The van der Waals surface area contributed by atoms with Crippen LogP contribution in [0.15, 0.2) is 6.07 Å². The van der Waals surface area contributed by atoms with E-state index in [-0.39, 0.29) is 12.1 Å². The number of nitrogens with one attached hydrogen (secondary N) is 1. The molecule has 6 nitrogen and oxygen atoms in total. The molecule has 0 amide bonds. The Morgan fingerprint density at radius 2 is 2.26 bits per heavy atom. The summed E-state index contributed by atoms with van der Waals surface area (Å²) in [5.41, 5.74) is 5.56. The minimum atomic E-state index is -0.472. The molecule has 1 aliphatic carbocycles. The van der Waals surface area contributed by atoms with Gasteiger partial charge in [-0.3, -0.25) is 0 Å². The first-order valence-electron chi connectivity index (χ1n) is 6.31. The smallest absolute Gasteiger partial charge is 0.223 e. The third-order valence-corrected chi connectivity index (χ3v) is 3.59. The van der Waals surface area contributed by atoms with E-state index in [1.807, 2.05) is 13.8 Å². The van der Waals surface area contributed by atoms with Crippen molar-refractivity contribution >= 4 is 23.4 Å². The van der Waals surface area contributed by atoms with Crippen LogP contribution in [0, 0.1) is 5.92 Å². The van der Waals surface area contributed by atoms with Gasteiger partial charge in [-0.25, -0.2) is 4.98 Å². The molecule has 0 unspecified atom stereocenters. The molecule has 3 atom stereocenters. The zero-order valence-corrected chi connectivity index (χ0v) is 11.6. The van der Waals surface area contributed by atoms with E-state index in [0.29, 0.717) is 29.5 Å². The van der Waals surface area contributed by atoms with Gasteiger partial charge in [-0.05, 0) is 20.3 Å². The predicted molar refractivity (Wildman–Crippen MR) is 71.9 cm³/mol. The standard InChI is InChI=1S/C12H17ClN4O2/c1-12(2)18-5-8(19-12)6-3-7(6)15-10-4-9(13)16-11(14)17-10/h4,6-8H,3,5H2,1-2H3,(H3,14,15,16,17)/t6-,7+,8-/m0/s1. The lowest BCUT2D eigenvalue weighted by Gasteiger charge is -2.17. The zero-order valence-electron chi connectivity index (χ0n) is 10.9. The summed E-state index contributed by atoms with van der Waals surface area (Å²) in [5, 5.41) is 3.64. The summed E-state index contributed by atoms with van der Waals surface area (Å²) in [6.07, 6.45) is 1.17. The quantitative estimate of drug-likeness (QED) is 0.822. The number of halogens is 1. The summed E-state index contributed by atoms with van der Waals surface area (Å²) in [7, 11) is 0. The summed E-state index contributed by atoms with van der Waals surface area (Å²) < 4.78 is 11.4. The molecule has 2 heterocycles. The lowest BCUT2D eigenvalue weighted by atomic mass is 10.2. The third-order valence-electron chi connectivity index (χ3n) is 3.39. The minimum Gasteiger partial charge on any atom is -0.368 e. The second kappa shape index (κ2) is 4.47. The van der Waals surface area contributed by atoms with Crippen molar-refractivity contribution in [1.29, 1.82) is 0 Å². The van der Waals surface area contributed by atoms with Gasteiger partial charge in [0, 0.05) is 18.0 Å². The van der Waals surface area contributed by atoms with Gasteiger partial charge in [-0.15, -0.1) is 0 Å². The number of ether oxygens (including phenoxy) is 2. The maximum absolute atomic E-state index is 5.84. The molecule has 3 rings (SSSR count). The summed E-state index contributed by atoms with van der Waals surface area (Å²) in [4.78, 5) is 7.93. The van der Waals surface area contributed by atoms with E-state index >= 15 is 0 Å².